The molecule has 0 bridgehead atoms. The van der Waals surface area contributed by atoms with E-state index in [0.717, 1.165) is 11.1 Å². The number of halogens is 1. The van der Waals surface area contributed by atoms with Gasteiger partial charge in [-0.2, -0.15) is 0 Å². The van der Waals surface area contributed by atoms with Crippen LogP contribution in [0.5, 0.6) is 0 Å². The van der Waals surface area contributed by atoms with E-state index in [1.807, 2.05) is 6.92 Å². The molecule has 7 nitrogen and oxygen atoms in total. The van der Waals surface area contributed by atoms with E-state index in [-0.39, 0.29) is 23.7 Å². The predicted molar refractivity (Wildman–Crippen MR) is 116 cm³/mol. The largest absolute Gasteiger partial charge is 0.468 e. The van der Waals surface area contributed by atoms with Gasteiger partial charge < -0.3 is 15.1 Å². The highest BCUT2D eigenvalue weighted by molar-refractivity contribution is 7.91. The summed E-state index contributed by atoms with van der Waals surface area (Å²) in [5, 5.41) is 4.26. The highest BCUT2D eigenvalue weighted by atomic mass is 35.5. The third-order valence-corrected chi connectivity index (χ3v) is 6.93. The molecule has 3 rings (SSSR count). The van der Waals surface area contributed by atoms with Crippen molar-refractivity contribution in [2.24, 2.45) is 0 Å². The van der Waals surface area contributed by atoms with Crippen molar-refractivity contribution >= 4 is 33.3 Å². The maximum absolute atomic E-state index is 13.1. The van der Waals surface area contributed by atoms with Crippen LogP contribution in [0, 0.1) is 6.92 Å². The average molecular weight is 461 g/mol. The molecule has 2 amide bonds. The van der Waals surface area contributed by atoms with Gasteiger partial charge in [0.15, 0.2) is 9.84 Å². The van der Waals surface area contributed by atoms with E-state index in [9.17, 15) is 18.0 Å². The molecular weight excluding hydrogens is 440 g/mol. The van der Waals surface area contributed by atoms with Crippen molar-refractivity contribution in [2.75, 3.05) is 6.54 Å². The molecule has 0 saturated heterocycles. The Balaban J connectivity index is 1.68. The normalized spacial score (nSPS) is 12.2. The summed E-state index contributed by atoms with van der Waals surface area (Å²) in [6.45, 7) is 1.66. The van der Waals surface area contributed by atoms with E-state index in [4.69, 9.17) is 16.0 Å². The molecular formula is C22H21ClN2O5S. The van der Waals surface area contributed by atoms with Gasteiger partial charge in [0.2, 0.25) is 0 Å². The number of carbonyl (C=O) groups excluding carboxylic acids is 2. The Morgan fingerprint density at radius 3 is 2.23 bits per heavy atom. The Labute approximate surface area is 185 Å². The zero-order valence-corrected chi connectivity index (χ0v) is 18.2. The van der Waals surface area contributed by atoms with E-state index in [1.54, 1.807) is 42.5 Å². The van der Waals surface area contributed by atoms with E-state index < -0.39 is 26.9 Å². The number of carbonyl (C=O) groups is 2. The summed E-state index contributed by atoms with van der Waals surface area (Å²) in [6.07, 6.45) is 1.35. The Kier molecular flexibility index (Phi) is 7.14. The summed E-state index contributed by atoms with van der Waals surface area (Å²) in [7, 11) is -3.87. The van der Waals surface area contributed by atoms with Gasteiger partial charge >= 0.3 is 11.8 Å². The van der Waals surface area contributed by atoms with Gasteiger partial charge in [0.05, 0.1) is 11.2 Å². The number of amides is 2. The van der Waals surface area contributed by atoms with Gasteiger partial charge in [-0.25, -0.2) is 8.42 Å². The average Bonchev–Trinajstić information content (AvgIpc) is 3.27. The van der Waals surface area contributed by atoms with Crippen LogP contribution in [0.1, 0.15) is 22.1 Å². The molecule has 3 aromatic rings. The van der Waals surface area contributed by atoms with Crippen molar-refractivity contribution in [3.05, 3.63) is 88.8 Å². The van der Waals surface area contributed by atoms with Crippen LogP contribution in [0.3, 0.4) is 0 Å². The third kappa shape index (κ3) is 5.74. The molecule has 0 aliphatic heterocycles. The second-order valence-electron chi connectivity index (χ2n) is 6.88. The van der Waals surface area contributed by atoms with Gasteiger partial charge in [-0.3, -0.25) is 9.59 Å². The quantitative estimate of drug-likeness (QED) is 0.527. The standard InChI is InChI=1S/C22H21ClN2O5S/c1-15-4-10-18(11-5-15)31(28,29)20(19-3-2-12-30-19)14-25-22(27)21(26)24-13-16-6-8-17(23)9-7-16/h2-12,20H,13-14H2,1H3,(H,24,26)(H,25,27). The predicted octanol–water partition coefficient (Wildman–Crippen LogP) is 3.19. The molecule has 0 saturated carbocycles. The van der Waals surface area contributed by atoms with Gasteiger partial charge in [0, 0.05) is 18.1 Å². The molecule has 1 aromatic heterocycles. The Bertz CT molecular complexity index is 1140. The number of nitrogens with one attached hydrogen (secondary N) is 2. The first-order chi connectivity index (χ1) is 14.8. The first-order valence-corrected chi connectivity index (χ1v) is 11.3. The first-order valence-electron chi connectivity index (χ1n) is 9.42. The van der Waals surface area contributed by atoms with Crippen LogP contribution in [0.4, 0.5) is 0 Å². The fourth-order valence-electron chi connectivity index (χ4n) is 2.86. The second kappa shape index (κ2) is 9.80. The number of aryl methyl sites for hydroxylation is 1. The van der Waals surface area contributed by atoms with Crippen LogP contribution in [0.2, 0.25) is 5.02 Å². The molecule has 1 unspecified atom stereocenters. The van der Waals surface area contributed by atoms with E-state index in [0.29, 0.717) is 5.02 Å². The lowest BCUT2D eigenvalue weighted by Crippen LogP contribution is -2.42. The Hall–Kier alpha value is -3.10. The Morgan fingerprint density at radius 1 is 0.968 bits per heavy atom. The maximum Gasteiger partial charge on any atom is 0.309 e. The van der Waals surface area contributed by atoms with Crippen molar-refractivity contribution in [1.29, 1.82) is 0 Å². The maximum atomic E-state index is 13.1. The lowest BCUT2D eigenvalue weighted by molar-refractivity contribution is -0.139. The lowest BCUT2D eigenvalue weighted by Gasteiger charge is -2.17. The SMILES string of the molecule is Cc1ccc(S(=O)(=O)C(CNC(=O)C(=O)NCc2ccc(Cl)cc2)c2ccco2)cc1. The molecule has 9 heteroatoms. The van der Waals surface area contributed by atoms with Crippen molar-refractivity contribution in [3.8, 4) is 0 Å². The summed E-state index contributed by atoms with van der Waals surface area (Å²) in [4.78, 5) is 24.4. The number of hydrogen-bond donors (Lipinski definition) is 2. The fourth-order valence-corrected chi connectivity index (χ4v) is 4.57. The molecule has 2 N–H and O–H groups in total. The molecule has 31 heavy (non-hydrogen) atoms. The zero-order valence-electron chi connectivity index (χ0n) is 16.7. The van der Waals surface area contributed by atoms with Gasteiger partial charge in [-0.1, -0.05) is 41.4 Å². The van der Waals surface area contributed by atoms with Crippen LogP contribution in [-0.4, -0.2) is 26.8 Å². The zero-order chi connectivity index (χ0) is 22.4. The van der Waals surface area contributed by atoms with Gasteiger partial charge in [0.25, 0.3) is 0 Å². The van der Waals surface area contributed by atoms with Gasteiger partial charge in [0.1, 0.15) is 11.0 Å². The van der Waals surface area contributed by atoms with Crippen LogP contribution >= 0.6 is 11.6 Å². The molecule has 0 spiro atoms. The highest BCUT2D eigenvalue weighted by Crippen LogP contribution is 2.29. The van der Waals surface area contributed by atoms with Crippen molar-refractivity contribution in [3.63, 3.8) is 0 Å². The summed E-state index contributed by atoms with van der Waals surface area (Å²) in [5.74, 6) is -1.65. The molecule has 0 aliphatic carbocycles. The van der Waals surface area contributed by atoms with E-state index >= 15 is 0 Å². The summed E-state index contributed by atoms with van der Waals surface area (Å²) >= 11 is 5.82. The minimum atomic E-state index is -3.87. The summed E-state index contributed by atoms with van der Waals surface area (Å²) < 4.78 is 31.6. The van der Waals surface area contributed by atoms with Crippen LogP contribution in [-0.2, 0) is 26.0 Å². The monoisotopic (exact) mass is 460 g/mol. The van der Waals surface area contributed by atoms with Crippen molar-refractivity contribution in [2.45, 2.75) is 23.6 Å². The highest BCUT2D eigenvalue weighted by Gasteiger charge is 2.32. The molecule has 0 radical (unpaired) electrons. The van der Waals surface area contributed by atoms with E-state index in [2.05, 4.69) is 10.6 Å². The van der Waals surface area contributed by atoms with Gasteiger partial charge in [-0.15, -0.1) is 0 Å². The van der Waals surface area contributed by atoms with Gasteiger partial charge in [-0.05, 0) is 48.9 Å². The number of hydrogen-bond acceptors (Lipinski definition) is 5. The second-order valence-corrected chi connectivity index (χ2v) is 9.45. The fraction of sp³-hybridized carbons (Fsp3) is 0.182. The number of sulfone groups is 1. The minimum absolute atomic E-state index is 0.0981. The lowest BCUT2D eigenvalue weighted by atomic mass is 10.2. The molecule has 2 aromatic carbocycles. The third-order valence-electron chi connectivity index (χ3n) is 4.61. The number of rotatable bonds is 7. The smallest absolute Gasteiger partial charge is 0.309 e. The minimum Gasteiger partial charge on any atom is -0.468 e. The topological polar surface area (TPSA) is 105 Å². The Morgan fingerprint density at radius 2 is 1.61 bits per heavy atom. The summed E-state index contributed by atoms with van der Waals surface area (Å²) in [5.41, 5.74) is 1.68. The van der Waals surface area contributed by atoms with Crippen LogP contribution in [0.15, 0.2) is 76.2 Å². The van der Waals surface area contributed by atoms with Crippen LogP contribution in [0.25, 0.3) is 0 Å². The van der Waals surface area contributed by atoms with Crippen molar-refractivity contribution in [1.82, 2.24) is 10.6 Å². The molecule has 0 fully saturated rings. The molecule has 1 atom stereocenters. The van der Waals surface area contributed by atoms with E-state index in [1.165, 1.54) is 24.5 Å². The molecule has 162 valence electrons. The molecule has 1 heterocycles. The number of benzene rings is 2. The first kappa shape index (κ1) is 22.6. The molecule has 0 aliphatic rings. The number of furan rings is 1. The summed E-state index contributed by atoms with van der Waals surface area (Å²) in [6, 6.07) is 16.3. The van der Waals surface area contributed by atoms with Crippen LogP contribution < -0.4 is 10.6 Å². The van der Waals surface area contributed by atoms with Crippen molar-refractivity contribution < 1.29 is 22.4 Å².